The average Bonchev–Trinajstić information content (AvgIpc) is 3.36. The number of ether oxygens (including phenoxy) is 1. The smallest absolute Gasteiger partial charge is 0.307 e. The Labute approximate surface area is 155 Å². The summed E-state index contributed by atoms with van der Waals surface area (Å²) in [7, 11) is 1.32. The Morgan fingerprint density at radius 2 is 1.92 bits per heavy atom. The van der Waals surface area contributed by atoms with E-state index in [0.717, 1.165) is 17.7 Å². The molecule has 136 valence electrons. The van der Waals surface area contributed by atoms with E-state index in [9.17, 15) is 14.4 Å². The third-order valence-corrected chi connectivity index (χ3v) is 5.14. The van der Waals surface area contributed by atoms with Crippen LogP contribution in [0.3, 0.4) is 0 Å². The van der Waals surface area contributed by atoms with Gasteiger partial charge < -0.3 is 15.4 Å². The summed E-state index contributed by atoms with van der Waals surface area (Å²) >= 11 is 1.47. The molecule has 7 heteroatoms. The molecule has 1 heterocycles. The summed E-state index contributed by atoms with van der Waals surface area (Å²) in [5.74, 6) is -0.518. The monoisotopic (exact) mass is 372 g/mol. The number of benzene rings is 1. The molecule has 2 N–H and O–H groups in total. The van der Waals surface area contributed by atoms with Crippen LogP contribution in [0.25, 0.3) is 0 Å². The SMILES string of the molecule is COC(=O)CC(NC(=O)c1ccc(NC(=O)C2CC2)cc1)c1cccs1. The number of anilines is 1. The maximum absolute atomic E-state index is 12.5. The minimum atomic E-state index is -0.441. The first-order valence-electron chi connectivity index (χ1n) is 8.39. The highest BCUT2D eigenvalue weighted by atomic mass is 32.1. The normalized spacial score (nSPS) is 14.3. The summed E-state index contributed by atoms with van der Waals surface area (Å²) in [6.45, 7) is 0. The number of carbonyl (C=O) groups is 3. The van der Waals surface area contributed by atoms with Crippen molar-refractivity contribution in [3.8, 4) is 0 Å². The van der Waals surface area contributed by atoms with E-state index in [1.165, 1.54) is 18.4 Å². The van der Waals surface area contributed by atoms with Gasteiger partial charge in [-0.1, -0.05) is 6.07 Å². The predicted octanol–water partition coefficient (Wildman–Crippen LogP) is 3.13. The van der Waals surface area contributed by atoms with Gasteiger partial charge in [-0.15, -0.1) is 11.3 Å². The molecule has 1 atom stereocenters. The van der Waals surface area contributed by atoms with Crippen molar-refractivity contribution in [2.45, 2.75) is 25.3 Å². The van der Waals surface area contributed by atoms with E-state index >= 15 is 0 Å². The lowest BCUT2D eigenvalue weighted by Gasteiger charge is -2.16. The van der Waals surface area contributed by atoms with Gasteiger partial charge in [0.1, 0.15) is 0 Å². The summed E-state index contributed by atoms with van der Waals surface area (Å²) in [5, 5.41) is 7.60. The van der Waals surface area contributed by atoms with Crippen LogP contribution >= 0.6 is 11.3 Å². The number of hydrogen-bond donors (Lipinski definition) is 2. The van der Waals surface area contributed by atoms with E-state index in [1.54, 1.807) is 24.3 Å². The molecule has 1 aliphatic carbocycles. The second-order valence-corrected chi connectivity index (χ2v) is 7.14. The van der Waals surface area contributed by atoms with Gasteiger partial charge in [-0.05, 0) is 48.6 Å². The zero-order valence-electron chi connectivity index (χ0n) is 14.4. The van der Waals surface area contributed by atoms with E-state index in [2.05, 4.69) is 10.6 Å². The van der Waals surface area contributed by atoms with Gasteiger partial charge in [0, 0.05) is 22.0 Å². The maximum Gasteiger partial charge on any atom is 0.307 e. The number of hydrogen-bond acceptors (Lipinski definition) is 5. The van der Waals surface area contributed by atoms with E-state index in [4.69, 9.17) is 4.74 Å². The Kier molecular flexibility index (Phi) is 5.68. The third-order valence-electron chi connectivity index (χ3n) is 4.15. The summed E-state index contributed by atoms with van der Waals surface area (Å²) < 4.78 is 4.72. The van der Waals surface area contributed by atoms with Crippen LogP contribution in [0.5, 0.6) is 0 Å². The predicted molar refractivity (Wildman–Crippen MR) is 99.0 cm³/mol. The first-order valence-corrected chi connectivity index (χ1v) is 9.27. The molecule has 3 rings (SSSR count). The molecule has 1 saturated carbocycles. The Morgan fingerprint density at radius 3 is 2.50 bits per heavy atom. The lowest BCUT2D eigenvalue weighted by atomic mass is 10.1. The lowest BCUT2D eigenvalue weighted by Crippen LogP contribution is -2.30. The number of methoxy groups -OCH3 is 1. The minimum Gasteiger partial charge on any atom is -0.469 e. The summed E-state index contributed by atoms with van der Waals surface area (Å²) in [6.07, 6.45) is 1.95. The molecule has 1 aromatic heterocycles. The van der Waals surface area contributed by atoms with Crippen molar-refractivity contribution >= 4 is 34.8 Å². The number of nitrogens with one attached hydrogen (secondary N) is 2. The number of carbonyl (C=O) groups excluding carboxylic acids is 3. The number of rotatable bonds is 7. The molecule has 26 heavy (non-hydrogen) atoms. The fraction of sp³-hybridized carbons (Fsp3) is 0.316. The first kappa shape index (κ1) is 18.1. The molecule has 0 saturated heterocycles. The quantitative estimate of drug-likeness (QED) is 0.732. The molecular formula is C19H20N2O4S. The van der Waals surface area contributed by atoms with Crippen molar-refractivity contribution in [1.82, 2.24) is 5.32 Å². The second kappa shape index (κ2) is 8.14. The van der Waals surface area contributed by atoms with Gasteiger partial charge in [-0.2, -0.15) is 0 Å². The van der Waals surface area contributed by atoms with E-state index in [0.29, 0.717) is 11.3 Å². The van der Waals surface area contributed by atoms with Crippen LogP contribution in [0.1, 0.15) is 40.5 Å². The van der Waals surface area contributed by atoms with Crippen LogP contribution in [-0.4, -0.2) is 24.9 Å². The lowest BCUT2D eigenvalue weighted by molar-refractivity contribution is -0.141. The van der Waals surface area contributed by atoms with Crippen LogP contribution in [0, 0.1) is 5.92 Å². The fourth-order valence-corrected chi connectivity index (χ4v) is 3.28. The van der Waals surface area contributed by atoms with E-state index in [-0.39, 0.29) is 30.1 Å². The summed E-state index contributed by atoms with van der Waals surface area (Å²) in [4.78, 5) is 36.8. The van der Waals surface area contributed by atoms with Gasteiger partial charge in [-0.3, -0.25) is 14.4 Å². The summed E-state index contributed by atoms with van der Waals surface area (Å²) in [5.41, 5.74) is 1.13. The highest BCUT2D eigenvalue weighted by Crippen LogP contribution is 2.30. The van der Waals surface area contributed by atoms with Crippen molar-refractivity contribution in [2.24, 2.45) is 5.92 Å². The van der Waals surface area contributed by atoms with Gasteiger partial charge in [-0.25, -0.2) is 0 Å². The molecule has 1 fully saturated rings. The van der Waals surface area contributed by atoms with Gasteiger partial charge >= 0.3 is 5.97 Å². The molecule has 1 unspecified atom stereocenters. The fourth-order valence-electron chi connectivity index (χ4n) is 2.50. The van der Waals surface area contributed by atoms with Crippen LogP contribution in [0.2, 0.25) is 0 Å². The highest BCUT2D eigenvalue weighted by molar-refractivity contribution is 7.10. The number of amides is 2. The Bertz CT molecular complexity index is 782. The average molecular weight is 372 g/mol. The zero-order chi connectivity index (χ0) is 18.5. The largest absolute Gasteiger partial charge is 0.469 e. The van der Waals surface area contributed by atoms with E-state index < -0.39 is 6.04 Å². The standard InChI is InChI=1S/C19H20N2O4S/c1-25-17(22)11-15(16-3-2-10-26-16)21-19(24)13-6-8-14(9-7-13)20-18(23)12-4-5-12/h2-3,6-10,12,15H,4-5,11H2,1H3,(H,20,23)(H,21,24). The van der Waals surface area contributed by atoms with Gasteiger partial charge in [0.15, 0.2) is 0 Å². The Morgan fingerprint density at radius 1 is 1.19 bits per heavy atom. The van der Waals surface area contributed by atoms with Crippen LogP contribution in [0.15, 0.2) is 41.8 Å². The van der Waals surface area contributed by atoms with E-state index in [1.807, 2.05) is 17.5 Å². The molecule has 2 aromatic rings. The number of thiophene rings is 1. The molecule has 1 aliphatic rings. The molecular weight excluding hydrogens is 352 g/mol. The third kappa shape index (κ3) is 4.70. The van der Waals surface area contributed by atoms with Crippen LogP contribution < -0.4 is 10.6 Å². The molecule has 0 spiro atoms. The molecule has 0 bridgehead atoms. The highest BCUT2D eigenvalue weighted by Gasteiger charge is 2.29. The van der Waals surface area contributed by atoms with Crippen molar-refractivity contribution in [3.63, 3.8) is 0 Å². The second-order valence-electron chi connectivity index (χ2n) is 6.16. The number of esters is 1. The van der Waals surface area contributed by atoms with Gasteiger partial charge in [0.2, 0.25) is 5.91 Å². The Balaban J connectivity index is 1.64. The molecule has 1 aromatic carbocycles. The minimum absolute atomic E-state index is 0.0260. The topological polar surface area (TPSA) is 84.5 Å². The van der Waals surface area contributed by atoms with Gasteiger partial charge in [0.25, 0.3) is 5.91 Å². The van der Waals surface area contributed by atoms with Crippen molar-refractivity contribution in [3.05, 3.63) is 52.2 Å². The van der Waals surface area contributed by atoms with Crippen LogP contribution in [-0.2, 0) is 14.3 Å². The maximum atomic E-state index is 12.5. The molecule has 6 nitrogen and oxygen atoms in total. The van der Waals surface area contributed by atoms with Crippen molar-refractivity contribution < 1.29 is 19.1 Å². The zero-order valence-corrected chi connectivity index (χ0v) is 15.2. The molecule has 0 aliphatic heterocycles. The molecule has 2 amide bonds. The molecule has 0 radical (unpaired) electrons. The Hall–Kier alpha value is -2.67. The van der Waals surface area contributed by atoms with Crippen molar-refractivity contribution in [1.29, 1.82) is 0 Å². The van der Waals surface area contributed by atoms with Crippen LogP contribution in [0.4, 0.5) is 5.69 Å². The first-order chi connectivity index (χ1) is 12.6. The summed E-state index contributed by atoms with van der Waals surface area (Å²) in [6, 6.07) is 10.0. The van der Waals surface area contributed by atoms with Gasteiger partial charge in [0.05, 0.1) is 19.6 Å². The van der Waals surface area contributed by atoms with Crippen molar-refractivity contribution in [2.75, 3.05) is 12.4 Å².